The Kier molecular flexibility index (Phi) is 5.99. The summed E-state index contributed by atoms with van der Waals surface area (Å²) in [5.41, 5.74) is 6.93. The van der Waals surface area contributed by atoms with Gasteiger partial charge in [-0.3, -0.25) is 9.59 Å². The van der Waals surface area contributed by atoms with Crippen molar-refractivity contribution in [1.29, 1.82) is 0 Å². The first kappa shape index (κ1) is 20.2. The van der Waals surface area contributed by atoms with E-state index in [-0.39, 0.29) is 5.91 Å². The maximum atomic E-state index is 12.6. The quantitative estimate of drug-likeness (QED) is 0.615. The number of nitrogens with two attached hydrogens (primary N) is 1. The summed E-state index contributed by atoms with van der Waals surface area (Å²) in [5.74, 6) is 0.480. The molecule has 1 heterocycles. The van der Waals surface area contributed by atoms with Gasteiger partial charge in [-0.1, -0.05) is 12.1 Å². The number of aromatic nitrogens is 1. The minimum Gasteiger partial charge on any atom is -0.493 e. The number of hydrogen-bond donors (Lipinski definition) is 2. The summed E-state index contributed by atoms with van der Waals surface area (Å²) in [6.07, 6.45) is 1.50. The van der Waals surface area contributed by atoms with Crippen LogP contribution < -0.4 is 25.3 Å². The molecule has 1 aromatic heterocycles. The monoisotopic (exact) mass is 413 g/mol. The van der Waals surface area contributed by atoms with E-state index in [1.807, 2.05) is 0 Å². The number of rotatable bonds is 7. The molecule has 3 N–H and O–H groups in total. The van der Waals surface area contributed by atoms with Crippen LogP contribution in [0.2, 0.25) is 0 Å². The Morgan fingerprint density at radius 2 is 1.62 bits per heavy atom. The highest BCUT2D eigenvalue weighted by Crippen LogP contribution is 2.40. The summed E-state index contributed by atoms with van der Waals surface area (Å²) in [6, 6.07) is 10.00. The lowest BCUT2D eigenvalue weighted by Crippen LogP contribution is -2.10. The topological polar surface area (TPSA) is 113 Å². The Morgan fingerprint density at radius 3 is 2.14 bits per heavy atom. The lowest BCUT2D eigenvalue weighted by molar-refractivity contribution is 0.0998. The smallest absolute Gasteiger partial charge is 0.267 e. The SMILES string of the molecule is COc1cc(NC(=O)c2cnc(-c3ccc(C(N)=O)cc3)s2)cc(OC)c1OC. The minimum atomic E-state index is -0.499. The Morgan fingerprint density at radius 1 is 1.00 bits per heavy atom. The number of nitrogens with zero attached hydrogens (tertiary/aromatic N) is 1. The van der Waals surface area contributed by atoms with Crippen molar-refractivity contribution in [3.05, 3.63) is 53.0 Å². The highest BCUT2D eigenvalue weighted by Gasteiger charge is 2.17. The number of ether oxygens (including phenoxy) is 3. The molecule has 0 aliphatic heterocycles. The number of hydrogen-bond acceptors (Lipinski definition) is 7. The maximum Gasteiger partial charge on any atom is 0.267 e. The molecule has 0 bridgehead atoms. The van der Waals surface area contributed by atoms with Crippen molar-refractivity contribution in [2.45, 2.75) is 0 Å². The molecular weight excluding hydrogens is 394 g/mol. The number of carbonyl (C=O) groups is 2. The minimum absolute atomic E-state index is 0.322. The third-order valence-electron chi connectivity index (χ3n) is 4.07. The molecule has 2 aromatic carbocycles. The standard InChI is InChI=1S/C20H19N3O5S/c1-26-14-8-13(9-15(27-2)17(14)28-3)23-19(25)16-10-22-20(29-16)12-6-4-11(5-7-12)18(21)24/h4-10H,1-3H3,(H2,21,24)(H,23,25). The van der Waals surface area contributed by atoms with E-state index in [4.69, 9.17) is 19.9 Å². The van der Waals surface area contributed by atoms with Gasteiger partial charge in [0.25, 0.3) is 5.91 Å². The van der Waals surface area contributed by atoms with Crippen LogP contribution in [-0.4, -0.2) is 38.1 Å². The number of amides is 2. The van der Waals surface area contributed by atoms with Gasteiger partial charge in [-0.2, -0.15) is 0 Å². The molecule has 0 atom stereocenters. The first-order valence-electron chi connectivity index (χ1n) is 8.44. The van der Waals surface area contributed by atoms with E-state index in [0.717, 1.165) is 5.56 Å². The Hall–Kier alpha value is -3.59. The third kappa shape index (κ3) is 4.30. The second kappa shape index (κ2) is 8.61. The predicted octanol–water partition coefficient (Wildman–Crippen LogP) is 3.19. The second-order valence-electron chi connectivity index (χ2n) is 5.84. The molecule has 2 amide bonds. The summed E-state index contributed by atoms with van der Waals surface area (Å²) in [6.45, 7) is 0. The Balaban J connectivity index is 1.81. The zero-order chi connectivity index (χ0) is 21.0. The van der Waals surface area contributed by atoms with E-state index >= 15 is 0 Å². The van der Waals surface area contributed by atoms with Crippen LogP contribution in [0.4, 0.5) is 5.69 Å². The number of nitrogens with one attached hydrogen (secondary N) is 1. The Labute approximate surface area is 171 Å². The van der Waals surface area contributed by atoms with Crippen molar-refractivity contribution in [3.63, 3.8) is 0 Å². The van der Waals surface area contributed by atoms with Crippen LogP contribution in [0.5, 0.6) is 17.2 Å². The number of carbonyl (C=O) groups excluding carboxylic acids is 2. The number of primary amides is 1. The van der Waals surface area contributed by atoms with Crippen molar-refractivity contribution in [2.75, 3.05) is 26.6 Å². The number of anilines is 1. The molecular formula is C20H19N3O5S. The van der Waals surface area contributed by atoms with Crippen molar-refractivity contribution in [2.24, 2.45) is 5.73 Å². The van der Waals surface area contributed by atoms with Crippen LogP contribution in [0, 0.1) is 0 Å². The molecule has 150 valence electrons. The highest BCUT2D eigenvalue weighted by molar-refractivity contribution is 7.17. The fourth-order valence-corrected chi connectivity index (χ4v) is 3.45. The first-order chi connectivity index (χ1) is 14.0. The van der Waals surface area contributed by atoms with Gasteiger partial charge in [0.1, 0.15) is 9.88 Å². The maximum absolute atomic E-state index is 12.6. The van der Waals surface area contributed by atoms with Crippen molar-refractivity contribution >= 4 is 28.8 Å². The molecule has 0 unspecified atom stereocenters. The third-order valence-corrected chi connectivity index (χ3v) is 5.11. The van der Waals surface area contributed by atoms with Crippen LogP contribution in [0.3, 0.4) is 0 Å². The number of benzene rings is 2. The summed E-state index contributed by atoms with van der Waals surface area (Å²) >= 11 is 1.23. The molecule has 29 heavy (non-hydrogen) atoms. The van der Waals surface area contributed by atoms with Gasteiger partial charge in [0.05, 0.1) is 27.5 Å². The molecule has 0 fully saturated rings. The van der Waals surface area contributed by atoms with Gasteiger partial charge >= 0.3 is 0 Å². The summed E-state index contributed by atoms with van der Waals surface area (Å²) in [4.78, 5) is 28.5. The second-order valence-corrected chi connectivity index (χ2v) is 6.87. The summed E-state index contributed by atoms with van der Waals surface area (Å²) < 4.78 is 15.9. The molecule has 0 aliphatic rings. The molecule has 8 nitrogen and oxygen atoms in total. The zero-order valence-corrected chi connectivity index (χ0v) is 16.8. The van der Waals surface area contributed by atoms with E-state index in [2.05, 4.69) is 10.3 Å². The van der Waals surface area contributed by atoms with E-state index in [1.165, 1.54) is 38.9 Å². The predicted molar refractivity (Wildman–Crippen MR) is 110 cm³/mol. The normalized spacial score (nSPS) is 10.3. The van der Waals surface area contributed by atoms with E-state index < -0.39 is 5.91 Å². The molecule has 0 aliphatic carbocycles. The van der Waals surface area contributed by atoms with Gasteiger partial charge in [-0.25, -0.2) is 4.98 Å². The van der Waals surface area contributed by atoms with Crippen LogP contribution in [0.1, 0.15) is 20.0 Å². The van der Waals surface area contributed by atoms with Gasteiger partial charge < -0.3 is 25.3 Å². The number of thiazole rings is 1. The van der Waals surface area contributed by atoms with Crippen molar-refractivity contribution in [1.82, 2.24) is 4.98 Å². The van der Waals surface area contributed by atoms with E-state index in [0.29, 0.717) is 38.4 Å². The molecule has 0 saturated carbocycles. The average Bonchev–Trinajstić information content (AvgIpc) is 3.23. The van der Waals surface area contributed by atoms with E-state index in [1.54, 1.807) is 36.4 Å². The van der Waals surface area contributed by atoms with Gasteiger partial charge in [0, 0.05) is 28.9 Å². The zero-order valence-electron chi connectivity index (χ0n) is 16.0. The fourth-order valence-electron chi connectivity index (χ4n) is 2.64. The summed E-state index contributed by atoms with van der Waals surface area (Å²) in [7, 11) is 4.51. The van der Waals surface area contributed by atoms with Gasteiger partial charge in [0.2, 0.25) is 11.7 Å². The van der Waals surface area contributed by atoms with Crippen LogP contribution in [0.25, 0.3) is 10.6 Å². The largest absolute Gasteiger partial charge is 0.493 e. The Bertz CT molecular complexity index is 1020. The number of methoxy groups -OCH3 is 3. The first-order valence-corrected chi connectivity index (χ1v) is 9.26. The molecule has 3 rings (SSSR count). The van der Waals surface area contributed by atoms with Crippen LogP contribution in [-0.2, 0) is 0 Å². The van der Waals surface area contributed by atoms with Gasteiger partial charge in [-0.15, -0.1) is 11.3 Å². The molecule has 0 radical (unpaired) electrons. The molecule has 9 heteroatoms. The lowest BCUT2D eigenvalue weighted by Gasteiger charge is -2.14. The summed E-state index contributed by atoms with van der Waals surface area (Å²) in [5, 5.41) is 3.45. The van der Waals surface area contributed by atoms with Gasteiger partial charge in [0.15, 0.2) is 11.5 Å². The average molecular weight is 413 g/mol. The van der Waals surface area contributed by atoms with Crippen LogP contribution in [0.15, 0.2) is 42.6 Å². The molecule has 3 aromatic rings. The van der Waals surface area contributed by atoms with Gasteiger partial charge in [-0.05, 0) is 12.1 Å². The van der Waals surface area contributed by atoms with Crippen molar-refractivity contribution in [3.8, 4) is 27.8 Å². The highest BCUT2D eigenvalue weighted by atomic mass is 32.1. The van der Waals surface area contributed by atoms with E-state index in [9.17, 15) is 9.59 Å². The molecule has 0 saturated heterocycles. The van der Waals surface area contributed by atoms with Crippen molar-refractivity contribution < 1.29 is 23.8 Å². The fraction of sp³-hybridized carbons (Fsp3) is 0.150. The van der Waals surface area contributed by atoms with Crippen LogP contribution >= 0.6 is 11.3 Å². The molecule has 0 spiro atoms. The lowest BCUT2D eigenvalue weighted by atomic mass is 10.1.